The monoisotopic (exact) mass is 234 g/mol. The second kappa shape index (κ2) is 6.81. The minimum atomic E-state index is -0.893. The number of rotatable bonds is 7. The van der Waals surface area contributed by atoms with Gasteiger partial charge < -0.3 is 16.2 Å². The standard InChI is InChI=1S/C13H18N2O2/c14-7-3-1-2-4-11-8-10(9-15)5-6-12(11)13(16)17/h5-8,14H,1-4,9,15H2,(H,16,17). The second-order valence-corrected chi connectivity index (χ2v) is 3.95. The Hall–Kier alpha value is -1.68. The number of carboxylic acids is 1. The SMILES string of the molecule is N=CCCCCc1cc(CN)ccc1C(=O)O. The fourth-order valence-electron chi connectivity index (χ4n) is 1.75. The van der Waals surface area contributed by atoms with Crippen LogP contribution in [0.15, 0.2) is 18.2 Å². The minimum absolute atomic E-state index is 0.358. The molecule has 4 nitrogen and oxygen atoms in total. The first-order chi connectivity index (χ1) is 8.19. The van der Waals surface area contributed by atoms with E-state index < -0.39 is 5.97 Å². The van der Waals surface area contributed by atoms with E-state index in [2.05, 4.69) is 0 Å². The number of nitrogens with two attached hydrogens (primary N) is 1. The number of carboxylic acid groups (broad SMARTS) is 1. The molecule has 0 amide bonds. The molecule has 1 rings (SSSR count). The average Bonchev–Trinajstić information content (AvgIpc) is 2.34. The van der Waals surface area contributed by atoms with E-state index >= 15 is 0 Å². The van der Waals surface area contributed by atoms with Crippen LogP contribution in [-0.2, 0) is 13.0 Å². The summed E-state index contributed by atoms with van der Waals surface area (Å²) in [5, 5.41) is 16.0. The molecule has 0 aliphatic heterocycles. The highest BCUT2D eigenvalue weighted by Gasteiger charge is 2.09. The molecule has 0 unspecified atom stereocenters. The summed E-state index contributed by atoms with van der Waals surface area (Å²) in [6.45, 7) is 0.424. The van der Waals surface area contributed by atoms with Gasteiger partial charge in [-0.25, -0.2) is 4.79 Å². The van der Waals surface area contributed by atoms with Gasteiger partial charge in [-0.05, 0) is 49.1 Å². The van der Waals surface area contributed by atoms with Crippen molar-refractivity contribution in [1.82, 2.24) is 0 Å². The first-order valence-electron chi connectivity index (χ1n) is 5.73. The predicted octanol–water partition coefficient (Wildman–Crippen LogP) is 2.21. The number of benzene rings is 1. The quantitative estimate of drug-likeness (QED) is 0.499. The fourth-order valence-corrected chi connectivity index (χ4v) is 1.75. The fraction of sp³-hybridized carbons (Fsp3) is 0.385. The van der Waals surface area contributed by atoms with Gasteiger partial charge in [-0.3, -0.25) is 0 Å². The third-order valence-electron chi connectivity index (χ3n) is 2.68. The zero-order valence-electron chi connectivity index (χ0n) is 9.78. The number of aromatic carboxylic acids is 1. The molecule has 0 saturated carbocycles. The van der Waals surface area contributed by atoms with Crippen LogP contribution in [0.4, 0.5) is 0 Å². The molecule has 92 valence electrons. The van der Waals surface area contributed by atoms with Gasteiger partial charge in [0.25, 0.3) is 0 Å². The number of aryl methyl sites for hydroxylation is 1. The van der Waals surface area contributed by atoms with Crippen LogP contribution < -0.4 is 5.73 Å². The Morgan fingerprint density at radius 2 is 2.18 bits per heavy atom. The smallest absolute Gasteiger partial charge is 0.335 e. The Labute approximate surface area is 101 Å². The van der Waals surface area contributed by atoms with Crippen LogP contribution in [0.1, 0.15) is 40.7 Å². The van der Waals surface area contributed by atoms with Crippen molar-refractivity contribution in [2.75, 3.05) is 0 Å². The molecule has 1 aromatic carbocycles. The first kappa shape index (κ1) is 13.4. The molecular weight excluding hydrogens is 216 g/mol. The van der Waals surface area contributed by atoms with Gasteiger partial charge in [-0.1, -0.05) is 12.1 Å². The van der Waals surface area contributed by atoms with E-state index in [1.54, 1.807) is 12.1 Å². The van der Waals surface area contributed by atoms with Crippen molar-refractivity contribution in [2.45, 2.75) is 32.2 Å². The highest BCUT2D eigenvalue weighted by Crippen LogP contribution is 2.15. The summed E-state index contributed by atoms with van der Waals surface area (Å²) in [6, 6.07) is 5.24. The molecule has 0 heterocycles. The summed E-state index contributed by atoms with van der Waals surface area (Å²) >= 11 is 0. The summed E-state index contributed by atoms with van der Waals surface area (Å²) in [4.78, 5) is 11.0. The molecule has 4 N–H and O–H groups in total. The lowest BCUT2D eigenvalue weighted by Gasteiger charge is -2.07. The van der Waals surface area contributed by atoms with Gasteiger partial charge in [-0.15, -0.1) is 0 Å². The Morgan fingerprint density at radius 3 is 2.76 bits per heavy atom. The van der Waals surface area contributed by atoms with Crippen LogP contribution in [0.25, 0.3) is 0 Å². The summed E-state index contributed by atoms with van der Waals surface area (Å²) in [5.41, 5.74) is 7.70. The van der Waals surface area contributed by atoms with Crippen molar-refractivity contribution in [1.29, 1.82) is 5.41 Å². The van der Waals surface area contributed by atoms with Crippen LogP contribution in [0.5, 0.6) is 0 Å². The van der Waals surface area contributed by atoms with E-state index in [0.717, 1.165) is 36.8 Å². The summed E-state index contributed by atoms with van der Waals surface area (Å²) in [7, 11) is 0. The highest BCUT2D eigenvalue weighted by molar-refractivity contribution is 5.89. The largest absolute Gasteiger partial charge is 0.478 e. The van der Waals surface area contributed by atoms with Crippen molar-refractivity contribution in [3.8, 4) is 0 Å². The third-order valence-corrected chi connectivity index (χ3v) is 2.68. The molecule has 0 saturated heterocycles. The van der Waals surface area contributed by atoms with E-state index in [1.807, 2.05) is 6.07 Å². The van der Waals surface area contributed by atoms with Crippen LogP contribution in [0.3, 0.4) is 0 Å². The maximum absolute atomic E-state index is 11.0. The van der Waals surface area contributed by atoms with Crippen LogP contribution in [0.2, 0.25) is 0 Å². The molecule has 17 heavy (non-hydrogen) atoms. The van der Waals surface area contributed by atoms with Gasteiger partial charge in [-0.2, -0.15) is 0 Å². The molecule has 0 bridgehead atoms. The summed E-state index contributed by atoms with van der Waals surface area (Å²) in [5.74, 6) is -0.893. The normalized spacial score (nSPS) is 10.2. The van der Waals surface area contributed by atoms with Crippen molar-refractivity contribution < 1.29 is 9.90 Å². The Kier molecular flexibility index (Phi) is 5.36. The molecule has 0 spiro atoms. The molecular formula is C13H18N2O2. The molecule has 0 aliphatic carbocycles. The lowest BCUT2D eigenvalue weighted by Crippen LogP contribution is -2.05. The molecule has 0 atom stereocenters. The Bertz CT molecular complexity index is 402. The number of nitrogens with one attached hydrogen (secondary N) is 1. The van der Waals surface area contributed by atoms with Crippen LogP contribution >= 0.6 is 0 Å². The molecule has 0 radical (unpaired) electrons. The number of hydrogen-bond donors (Lipinski definition) is 3. The van der Waals surface area contributed by atoms with Crippen molar-refractivity contribution in [3.05, 3.63) is 34.9 Å². The zero-order chi connectivity index (χ0) is 12.7. The number of hydrogen-bond acceptors (Lipinski definition) is 3. The summed E-state index contributed by atoms with van der Waals surface area (Å²) < 4.78 is 0. The average molecular weight is 234 g/mol. The van der Waals surface area contributed by atoms with E-state index in [4.69, 9.17) is 16.2 Å². The molecule has 0 fully saturated rings. The summed E-state index contributed by atoms with van der Waals surface area (Å²) in [6.07, 6.45) is 4.66. The van der Waals surface area contributed by atoms with E-state index in [0.29, 0.717) is 12.1 Å². The Balaban J connectivity index is 2.78. The van der Waals surface area contributed by atoms with Crippen LogP contribution in [-0.4, -0.2) is 17.3 Å². The molecule has 1 aromatic rings. The predicted molar refractivity (Wildman–Crippen MR) is 67.6 cm³/mol. The molecule has 0 aromatic heterocycles. The second-order valence-electron chi connectivity index (χ2n) is 3.95. The number of carbonyl (C=O) groups is 1. The van der Waals surface area contributed by atoms with Crippen molar-refractivity contribution in [3.63, 3.8) is 0 Å². The lowest BCUT2D eigenvalue weighted by molar-refractivity contribution is 0.0695. The minimum Gasteiger partial charge on any atom is -0.478 e. The highest BCUT2D eigenvalue weighted by atomic mass is 16.4. The first-order valence-corrected chi connectivity index (χ1v) is 5.73. The van der Waals surface area contributed by atoms with Crippen LogP contribution in [0, 0.1) is 5.41 Å². The number of unbranched alkanes of at least 4 members (excludes halogenated alkanes) is 2. The van der Waals surface area contributed by atoms with Crippen molar-refractivity contribution >= 4 is 12.2 Å². The van der Waals surface area contributed by atoms with E-state index in [1.165, 1.54) is 6.21 Å². The third kappa shape index (κ3) is 4.00. The zero-order valence-corrected chi connectivity index (χ0v) is 9.78. The molecule has 4 heteroatoms. The van der Waals surface area contributed by atoms with Gasteiger partial charge in [0.15, 0.2) is 0 Å². The Morgan fingerprint density at radius 1 is 1.41 bits per heavy atom. The lowest BCUT2D eigenvalue weighted by atomic mass is 9.98. The van der Waals surface area contributed by atoms with Gasteiger partial charge >= 0.3 is 5.97 Å². The van der Waals surface area contributed by atoms with E-state index in [-0.39, 0.29) is 0 Å². The van der Waals surface area contributed by atoms with Gasteiger partial charge in [0.2, 0.25) is 0 Å². The van der Waals surface area contributed by atoms with Gasteiger partial charge in [0.05, 0.1) is 5.56 Å². The van der Waals surface area contributed by atoms with E-state index in [9.17, 15) is 4.79 Å². The molecule has 0 aliphatic rings. The van der Waals surface area contributed by atoms with Gasteiger partial charge in [0.1, 0.15) is 0 Å². The maximum atomic E-state index is 11.0. The topological polar surface area (TPSA) is 87.2 Å². The van der Waals surface area contributed by atoms with Gasteiger partial charge in [0, 0.05) is 6.54 Å². The maximum Gasteiger partial charge on any atom is 0.335 e. The van der Waals surface area contributed by atoms with Crippen molar-refractivity contribution in [2.24, 2.45) is 5.73 Å².